The van der Waals surface area contributed by atoms with Crippen LogP contribution in [-0.4, -0.2) is 68.7 Å². The zero-order valence-corrected chi connectivity index (χ0v) is 25.1. The SMILES string of the molecule is COc1cnc2c(-c3nc4c(Cl)c(F)c(O[C@@H](C)[C@@H](C)OC(=O)Nc5cnc(OCCO)nc5)nc4s3)cc(Cl)cc2c1. The van der Waals surface area contributed by atoms with E-state index in [1.807, 2.05) is 0 Å². The maximum atomic E-state index is 15.3. The molecule has 5 aromatic rings. The summed E-state index contributed by atoms with van der Waals surface area (Å²) in [7, 11) is 1.54. The topological polar surface area (TPSA) is 151 Å². The standard InChI is InChI=1S/C27H23Cl2FN6O6S/c1-12(13(2)42-27(38)34-16-9-32-26(33-10-16)40-5-4-37)41-23-20(30)19(29)22-25(36-23)43-24(35-22)18-8-15(28)6-14-7-17(39-3)11-31-21(14)18/h6-13,37H,4-5H2,1-3H3,(H,34,38)/t12-,13+/m0/s1. The van der Waals surface area contributed by atoms with Gasteiger partial charge in [-0.2, -0.15) is 9.37 Å². The highest BCUT2D eigenvalue weighted by molar-refractivity contribution is 7.21. The molecule has 0 aliphatic rings. The number of hydrogen-bond acceptors (Lipinski definition) is 12. The molecule has 12 nitrogen and oxygen atoms in total. The smallest absolute Gasteiger partial charge is 0.412 e. The van der Waals surface area contributed by atoms with Crippen LogP contribution in [-0.2, 0) is 4.74 Å². The van der Waals surface area contributed by atoms with Crippen LogP contribution in [0.25, 0.3) is 31.8 Å². The summed E-state index contributed by atoms with van der Waals surface area (Å²) in [6.45, 7) is 3.01. The maximum Gasteiger partial charge on any atom is 0.412 e. The molecule has 43 heavy (non-hydrogen) atoms. The van der Waals surface area contributed by atoms with E-state index in [4.69, 9.17) is 47.3 Å². The minimum atomic E-state index is -0.908. The first-order valence-electron chi connectivity index (χ1n) is 12.7. The molecule has 0 bridgehead atoms. The number of carbonyl (C=O) groups excluding carboxylic acids is 1. The molecule has 1 aromatic carbocycles. The number of ether oxygens (including phenoxy) is 4. The van der Waals surface area contributed by atoms with Gasteiger partial charge in [-0.05, 0) is 32.0 Å². The normalized spacial score (nSPS) is 12.6. The minimum Gasteiger partial charge on any atom is -0.495 e. The number of aromatic nitrogens is 5. The van der Waals surface area contributed by atoms with Crippen LogP contribution >= 0.6 is 34.5 Å². The van der Waals surface area contributed by atoms with Crippen LogP contribution in [0.5, 0.6) is 17.6 Å². The van der Waals surface area contributed by atoms with Crippen LogP contribution in [0.3, 0.4) is 0 Å². The van der Waals surface area contributed by atoms with Gasteiger partial charge in [0, 0.05) is 16.0 Å². The van der Waals surface area contributed by atoms with Crippen molar-refractivity contribution in [2.45, 2.75) is 26.1 Å². The monoisotopic (exact) mass is 648 g/mol. The van der Waals surface area contributed by atoms with Crippen LogP contribution < -0.4 is 19.5 Å². The van der Waals surface area contributed by atoms with Crippen molar-refractivity contribution in [3.8, 4) is 28.2 Å². The summed E-state index contributed by atoms with van der Waals surface area (Å²) in [6.07, 6.45) is 1.73. The number of amides is 1. The molecule has 224 valence electrons. The van der Waals surface area contributed by atoms with E-state index in [9.17, 15) is 4.79 Å². The number of carbonyl (C=O) groups is 1. The van der Waals surface area contributed by atoms with E-state index < -0.39 is 24.1 Å². The number of nitrogens with zero attached hydrogens (tertiary/aromatic N) is 5. The summed E-state index contributed by atoms with van der Waals surface area (Å²) in [6, 6.07) is 5.30. The predicted molar refractivity (Wildman–Crippen MR) is 159 cm³/mol. The number of fused-ring (bicyclic) bond motifs is 2. The number of aliphatic hydroxyl groups is 1. The van der Waals surface area contributed by atoms with Crippen molar-refractivity contribution >= 4 is 67.6 Å². The number of nitrogens with one attached hydrogen (secondary N) is 1. The summed E-state index contributed by atoms with van der Waals surface area (Å²) in [5, 5.41) is 12.7. The van der Waals surface area contributed by atoms with Gasteiger partial charge in [-0.15, -0.1) is 0 Å². The van der Waals surface area contributed by atoms with Crippen molar-refractivity contribution in [3.05, 3.63) is 52.7 Å². The molecule has 2 atom stereocenters. The second-order valence-electron chi connectivity index (χ2n) is 9.00. The van der Waals surface area contributed by atoms with Gasteiger partial charge in [-0.1, -0.05) is 34.5 Å². The van der Waals surface area contributed by atoms with Crippen molar-refractivity contribution in [3.63, 3.8) is 0 Å². The highest BCUT2D eigenvalue weighted by Gasteiger charge is 2.25. The first-order valence-corrected chi connectivity index (χ1v) is 14.2. The van der Waals surface area contributed by atoms with E-state index in [0.717, 1.165) is 16.7 Å². The molecular formula is C27H23Cl2FN6O6S. The molecule has 5 rings (SSSR count). The number of hydrogen-bond donors (Lipinski definition) is 2. The molecule has 1 amide bonds. The van der Waals surface area contributed by atoms with E-state index >= 15 is 4.39 Å². The fourth-order valence-corrected chi connectivity index (χ4v) is 5.26. The summed E-state index contributed by atoms with van der Waals surface area (Å²) in [4.78, 5) is 33.8. The van der Waals surface area contributed by atoms with Gasteiger partial charge in [0.1, 0.15) is 44.9 Å². The Morgan fingerprint density at radius 2 is 1.84 bits per heavy atom. The fourth-order valence-electron chi connectivity index (χ4n) is 3.81. The average Bonchev–Trinajstić information content (AvgIpc) is 3.42. The van der Waals surface area contributed by atoms with Crippen LogP contribution in [0, 0.1) is 5.82 Å². The Hall–Kier alpha value is -4.11. The van der Waals surface area contributed by atoms with Gasteiger partial charge in [-0.25, -0.2) is 19.7 Å². The molecule has 0 fully saturated rings. The lowest BCUT2D eigenvalue weighted by molar-refractivity contribution is 0.0379. The number of aliphatic hydroxyl groups excluding tert-OH is 1. The third-order valence-electron chi connectivity index (χ3n) is 6.04. The van der Waals surface area contributed by atoms with Crippen molar-refractivity contribution in [2.75, 3.05) is 25.6 Å². The highest BCUT2D eigenvalue weighted by Crippen LogP contribution is 2.40. The van der Waals surface area contributed by atoms with Gasteiger partial charge in [0.25, 0.3) is 5.88 Å². The van der Waals surface area contributed by atoms with Crippen LogP contribution in [0.15, 0.2) is 36.8 Å². The lowest BCUT2D eigenvalue weighted by atomic mass is 10.1. The fraction of sp³-hybridized carbons (Fsp3) is 0.259. The van der Waals surface area contributed by atoms with E-state index in [-0.39, 0.29) is 41.3 Å². The zero-order chi connectivity index (χ0) is 30.7. The lowest BCUT2D eigenvalue weighted by Crippen LogP contribution is -2.33. The Morgan fingerprint density at radius 3 is 2.56 bits per heavy atom. The molecular weight excluding hydrogens is 626 g/mol. The molecule has 2 N–H and O–H groups in total. The van der Waals surface area contributed by atoms with Crippen molar-refractivity contribution in [1.29, 1.82) is 0 Å². The molecule has 0 unspecified atom stereocenters. The van der Waals surface area contributed by atoms with Gasteiger partial charge in [0.2, 0.25) is 5.82 Å². The van der Waals surface area contributed by atoms with E-state index in [1.54, 1.807) is 45.4 Å². The molecule has 0 spiro atoms. The lowest BCUT2D eigenvalue weighted by Gasteiger charge is -2.21. The Morgan fingerprint density at radius 1 is 1.07 bits per heavy atom. The quantitative estimate of drug-likeness (QED) is 0.185. The molecule has 0 aliphatic heterocycles. The van der Waals surface area contributed by atoms with E-state index in [2.05, 4.69) is 30.2 Å². The van der Waals surface area contributed by atoms with Gasteiger partial charge < -0.3 is 24.1 Å². The molecule has 4 aromatic heterocycles. The van der Waals surface area contributed by atoms with Crippen LogP contribution in [0.2, 0.25) is 10.0 Å². The first kappa shape index (κ1) is 30.4. The third kappa shape index (κ3) is 6.77. The number of rotatable bonds is 10. The molecule has 4 heterocycles. The Labute approximate surface area is 257 Å². The number of benzene rings is 1. The van der Waals surface area contributed by atoms with E-state index in [1.165, 1.54) is 12.4 Å². The summed E-state index contributed by atoms with van der Waals surface area (Å²) in [5.74, 6) is -0.716. The summed E-state index contributed by atoms with van der Waals surface area (Å²) < 4.78 is 36.7. The molecule has 0 saturated carbocycles. The minimum absolute atomic E-state index is 0.0363. The summed E-state index contributed by atoms with van der Waals surface area (Å²) >= 11 is 13.9. The number of pyridine rings is 2. The Kier molecular flexibility index (Phi) is 9.20. The average molecular weight is 649 g/mol. The van der Waals surface area contributed by atoms with Gasteiger partial charge in [-0.3, -0.25) is 10.3 Å². The molecule has 0 radical (unpaired) electrons. The Bertz CT molecular complexity index is 1790. The maximum absolute atomic E-state index is 15.3. The largest absolute Gasteiger partial charge is 0.495 e. The molecule has 0 aliphatic carbocycles. The second kappa shape index (κ2) is 13.0. The molecule has 0 saturated heterocycles. The highest BCUT2D eigenvalue weighted by atomic mass is 35.5. The van der Waals surface area contributed by atoms with E-state index in [0.29, 0.717) is 31.7 Å². The third-order valence-corrected chi connectivity index (χ3v) is 7.58. The molecule has 16 heteroatoms. The van der Waals surface area contributed by atoms with Gasteiger partial charge in [0.05, 0.1) is 43.5 Å². The number of thiazole rings is 1. The van der Waals surface area contributed by atoms with Gasteiger partial charge >= 0.3 is 12.1 Å². The van der Waals surface area contributed by atoms with Crippen LogP contribution in [0.1, 0.15) is 13.8 Å². The summed E-state index contributed by atoms with van der Waals surface area (Å²) in [5.41, 5.74) is 1.63. The van der Waals surface area contributed by atoms with Crippen molar-refractivity contribution in [1.82, 2.24) is 24.9 Å². The zero-order valence-electron chi connectivity index (χ0n) is 22.8. The van der Waals surface area contributed by atoms with Gasteiger partial charge in [0.15, 0.2) is 0 Å². The first-order chi connectivity index (χ1) is 20.7. The van der Waals surface area contributed by atoms with Crippen molar-refractivity contribution < 1.29 is 33.2 Å². The second-order valence-corrected chi connectivity index (χ2v) is 10.8. The van der Waals surface area contributed by atoms with Crippen molar-refractivity contribution in [2.24, 2.45) is 0 Å². The Balaban J connectivity index is 1.32. The van der Waals surface area contributed by atoms with Crippen LogP contribution in [0.4, 0.5) is 14.9 Å². The number of halogens is 3. The predicted octanol–water partition coefficient (Wildman–Crippen LogP) is 5.93. The number of methoxy groups -OCH3 is 1. The number of anilines is 1.